The first kappa shape index (κ1) is 14.0. The Morgan fingerprint density at radius 3 is 2.50 bits per heavy atom. The lowest BCUT2D eigenvalue weighted by molar-refractivity contribution is -0.137. The third kappa shape index (κ3) is 3.14. The van der Waals surface area contributed by atoms with E-state index in [1.165, 1.54) is 24.3 Å². The number of piperidine rings is 1. The van der Waals surface area contributed by atoms with Gasteiger partial charge in [0, 0.05) is 31.6 Å². The van der Waals surface area contributed by atoms with Gasteiger partial charge in [-0.25, -0.2) is 4.79 Å². The van der Waals surface area contributed by atoms with Crippen LogP contribution in [0.25, 0.3) is 0 Å². The maximum absolute atomic E-state index is 12.0. The second-order valence-corrected chi connectivity index (χ2v) is 4.88. The number of aromatic carboxylic acids is 1. The fourth-order valence-corrected chi connectivity index (χ4v) is 2.11. The number of carboxylic acid groups (broad SMARTS) is 1. The lowest BCUT2D eigenvalue weighted by atomic mass is 9.95. The van der Waals surface area contributed by atoms with Crippen molar-refractivity contribution in [1.29, 1.82) is 0 Å². The Morgan fingerprint density at radius 1 is 1.30 bits per heavy atom. The first-order chi connectivity index (χ1) is 9.47. The van der Waals surface area contributed by atoms with E-state index in [0.29, 0.717) is 18.7 Å². The molecule has 1 aromatic rings. The molecule has 1 saturated heterocycles. The molecule has 6 heteroatoms. The van der Waals surface area contributed by atoms with E-state index in [1.807, 2.05) is 0 Å². The number of hydrogen-bond donors (Lipinski definition) is 2. The van der Waals surface area contributed by atoms with Crippen LogP contribution in [0.3, 0.4) is 0 Å². The minimum atomic E-state index is -1.01. The van der Waals surface area contributed by atoms with Gasteiger partial charge in [-0.3, -0.25) is 9.59 Å². The van der Waals surface area contributed by atoms with Crippen LogP contribution >= 0.6 is 0 Å². The van der Waals surface area contributed by atoms with Crippen LogP contribution in [0.2, 0.25) is 0 Å². The second kappa shape index (κ2) is 5.73. The summed E-state index contributed by atoms with van der Waals surface area (Å²) in [6.07, 6.45) is 0.858. The number of carbonyl (C=O) groups excluding carboxylic acids is 2. The molecule has 1 heterocycles. The molecule has 1 aromatic carbocycles. The summed E-state index contributed by atoms with van der Waals surface area (Å²) < 4.78 is 0. The van der Waals surface area contributed by atoms with E-state index < -0.39 is 5.97 Å². The molecule has 1 unspecified atom stereocenters. The number of nitrogens with one attached hydrogen (secondary N) is 1. The van der Waals surface area contributed by atoms with E-state index in [9.17, 15) is 14.4 Å². The van der Waals surface area contributed by atoms with E-state index in [0.717, 1.165) is 0 Å². The quantitative estimate of drug-likeness (QED) is 0.868. The summed E-state index contributed by atoms with van der Waals surface area (Å²) in [6.45, 7) is 0.578. The fourth-order valence-electron chi connectivity index (χ4n) is 2.11. The van der Waals surface area contributed by atoms with Crippen LogP contribution in [-0.4, -0.2) is 41.4 Å². The monoisotopic (exact) mass is 276 g/mol. The predicted octanol–water partition coefficient (Wildman–Crippen LogP) is 1.19. The molecule has 0 aliphatic carbocycles. The number of hydrogen-bond acceptors (Lipinski definition) is 3. The summed E-state index contributed by atoms with van der Waals surface area (Å²) in [5, 5.41) is 11.5. The molecule has 6 nitrogen and oxygen atoms in total. The van der Waals surface area contributed by atoms with Crippen LogP contribution < -0.4 is 5.32 Å². The van der Waals surface area contributed by atoms with Crippen molar-refractivity contribution in [3.63, 3.8) is 0 Å². The molecular formula is C14H16N2O4. The van der Waals surface area contributed by atoms with Crippen molar-refractivity contribution in [2.75, 3.05) is 18.9 Å². The highest BCUT2D eigenvalue weighted by atomic mass is 16.4. The molecule has 2 amide bonds. The first-order valence-corrected chi connectivity index (χ1v) is 6.35. The van der Waals surface area contributed by atoms with Crippen LogP contribution in [0.1, 0.15) is 23.2 Å². The Balaban J connectivity index is 1.97. The number of rotatable bonds is 3. The van der Waals surface area contributed by atoms with Gasteiger partial charge in [0.25, 0.3) is 0 Å². The Bertz CT molecular complexity index is 539. The molecule has 1 atom stereocenters. The number of likely N-dealkylation sites (tertiary alicyclic amines) is 1. The SMILES string of the molecule is CN1CCC(C(=O)Nc2ccc(C(=O)O)cc2)CC1=O. The van der Waals surface area contributed by atoms with Gasteiger partial charge in [-0.05, 0) is 30.7 Å². The number of carboxylic acids is 1. The molecule has 2 N–H and O–H groups in total. The molecule has 0 bridgehead atoms. The standard InChI is InChI=1S/C14H16N2O4/c1-16-7-6-10(8-12(16)17)13(18)15-11-4-2-9(3-5-11)14(19)20/h2-5,10H,6-8H2,1H3,(H,15,18)(H,19,20). The average molecular weight is 276 g/mol. The number of benzene rings is 1. The smallest absolute Gasteiger partial charge is 0.335 e. The van der Waals surface area contributed by atoms with E-state index in [2.05, 4.69) is 5.32 Å². The average Bonchev–Trinajstić information content (AvgIpc) is 2.42. The van der Waals surface area contributed by atoms with Crippen molar-refractivity contribution in [2.24, 2.45) is 5.92 Å². The number of amides is 2. The highest BCUT2D eigenvalue weighted by Crippen LogP contribution is 2.19. The summed E-state index contributed by atoms with van der Waals surface area (Å²) in [6, 6.07) is 5.94. The summed E-state index contributed by atoms with van der Waals surface area (Å²) in [5.74, 6) is -1.56. The van der Waals surface area contributed by atoms with Crippen LogP contribution in [-0.2, 0) is 9.59 Å². The Hall–Kier alpha value is -2.37. The highest BCUT2D eigenvalue weighted by molar-refractivity contribution is 5.96. The number of anilines is 1. The zero-order valence-corrected chi connectivity index (χ0v) is 11.1. The van der Waals surface area contributed by atoms with Crippen molar-refractivity contribution < 1.29 is 19.5 Å². The molecule has 0 saturated carbocycles. The highest BCUT2D eigenvalue weighted by Gasteiger charge is 2.28. The van der Waals surface area contributed by atoms with Crippen molar-refractivity contribution >= 4 is 23.5 Å². The second-order valence-electron chi connectivity index (χ2n) is 4.88. The molecule has 0 aromatic heterocycles. The van der Waals surface area contributed by atoms with Crippen molar-refractivity contribution in [3.05, 3.63) is 29.8 Å². The first-order valence-electron chi connectivity index (χ1n) is 6.35. The van der Waals surface area contributed by atoms with Gasteiger partial charge in [0.2, 0.25) is 11.8 Å². The van der Waals surface area contributed by atoms with Gasteiger partial charge in [-0.15, -0.1) is 0 Å². The molecule has 1 aliphatic heterocycles. The van der Waals surface area contributed by atoms with Crippen molar-refractivity contribution in [2.45, 2.75) is 12.8 Å². The summed E-state index contributed by atoms with van der Waals surface area (Å²) >= 11 is 0. The van der Waals surface area contributed by atoms with E-state index in [1.54, 1.807) is 11.9 Å². The third-order valence-corrected chi connectivity index (χ3v) is 3.43. The van der Waals surface area contributed by atoms with Crippen LogP contribution in [0.5, 0.6) is 0 Å². The van der Waals surface area contributed by atoms with Gasteiger partial charge < -0.3 is 15.3 Å². The van der Waals surface area contributed by atoms with Gasteiger partial charge in [0.15, 0.2) is 0 Å². The van der Waals surface area contributed by atoms with Gasteiger partial charge in [-0.1, -0.05) is 0 Å². The minimum absolute atomic E-state index is 0.0300. The molecular weight excluding hydrogens is 260 g/mol. The Labute approximate surface area is 116 Å². The largest absolute Gasteiger partial charge is 0.478 e. The van der Waals surface area contributed by atoms with Gasteiger partial charge in [0.05, 0.1) is 5.56 Å². The Morgan fingerprint density at radius 2 is 1.95 bits per heavy atom. The summed E-state index contributed by atoms with van der Waals surface area (Å²) in [7, 11) is 1.72. The zero-order chi connectivity index (χ0) is 14.7. The van der Waals surface area contributed by atoms with Crippen LogP contribution in [0, 0.1) is 5.92 Å². The van der Waals surface area contributed by atoms with Crippen LogP contribution in [0.4, 0.5) is 5.69 Å². The maximum atomic E-state index is 12.0. The van der Waals surface area contributed by atoms with Gasteiger partial charge >= 0.3 is 5.97 Å². The zero-order valence-electron chi connectivity index (χ0n) is 11.1. The molecule has 106 valence electrons. The third-order valence-electron chi connectivity index (χ3n) is 3.43. The van der Waals surface area contributed by atoms with E-state index in [4.69, 9.17) is 5.11 Å². The molecule has 1 aliphatic rings. The van der Waals surface area contributed by atoms with Crippen LogP contribution in [0.15, 0.2) is 24.3 Å². The summed E-state index contributed by atoms with van der Waals surface area (Å²) in [5.41, 5.74) is 0.698. The maximum Gasteiger partial charge on any atom is 0.335 e. The molecule has 0 spiro atoms. The van der Waals surface area contributed by atoms with E-state index >= 15 is 0 Å². The van der Waals surface area contributed by atoms with Crippen molar-refractivity contribution in [1.82, 2.24) is 4.90 Å². The predicted molar refractivity (Wildman–Crippen MR) is 72.4 cm³/mol. The molecule has 2 rings (SSSR count). The van der Waals surface area contributed by atoms with E-state index in [-0.39, 0.29) is 29.7 Å². The summed E-state index contributed by atoms with van der Waals surface area (Å²) in [4.78, 5) is 35.9. The minimum Gasteiger partial charge on any atom is -0.478 e. The lowest BCUT2D eigenvalue weighted by Crippen LogP contribution is -2.39. The van der Waals surface area contributed by atoms with Gasteiger partial charge in [0.1, 0.15) is 0 Å². The van der Waals surface area contributed by atoms with Gasteiger partial charge in [-0.2, -0.15) is 0 Å². The van der Waals surface area contributed by atoms with Crippen molar-refractivity contribution in [3.8, 4) is 0 Å². The topological polar surface area (TPSA) is 86.7 Å². The Kier molecular flexibility index (Phi) is 4.02. The molecule has 0 radical (unpaired) electrons. The number of carbonyl (C=O) groups is 3. The number of nitrogens with zero attached hydrogens (tertiary/aromatic N) is 1. The molecule has 20 heavy (non-hydrogen) atoms. The molecule has 1 fully saturated rings. The normalized spacial score (nSPS) is 18.8. The lowest BCUT2D eigenvalue weighted by Gasteiger charge is -2.27. The fraction of sp³-hybridized carbons (Fsp3) is 0.357.